The van der Waals surface area contributed by atoms with Crippen molar-refractivity contribution in [3.05, 3.63) is 29.4 Å². The summed E-state index contributed by atoms with van der Waals surface area (Å²) in [7, 11) is -1.81. The molecule has 1 aliphatic rings. The SMILES string of the molecule is CN[C@@H]1CCN(S(=O)(=O)c2cccc3c(OC(C)C)ncc(Cl)c23)C1. The number of fused-ring (bicyclic) bond motifs is 1. The number of hydrogen-bond acceptors (Lipinski definition) is 5. The van der Waals surface area contributed by atoms with Gasteiger partial charge in [0, 0.05) is 29.9 Å². The maximum absolute atomic E-state index is 13.2. The molecule has 0 bridgehead atoms. The Morgan fingerprint density at radius 2 is 2.16 bits per heavy atom. The van der Waals surface area contributed by atoms with Crippen LogP contribution in [0.2, 0.25) is 5.02 Å². The first kappa shape index (κ1) is 18.4. The van der Waals surface area contributed by atoms with Gasteiger partial charge in [-0.1, -0.05) is 17.7 Å². The van der Waals surface area contributed by atoms with E-state index >= 15 is 0 Å². The summed E-state index contributed by atoms with van der Waals surface area (Å²) in [5, 5.41) is 4.50. The first-order valence-corrected chi connectivity index (χ1v) is 10.1. The average molecular weight is 384 g/mol. The molecule has 6 nitrogen and oxygen atoms in total. The molecule has 1 atom stereocenters. The highest BCUT2D eigenvalue weighted by Crippen LogP contribution is 2.36. The quantitative estimate of drug-likeness (QED) is 0.859. The minimum absolute atomic E-state index is 0.0768. The summed E-state index contributed by atoms with van der Waals surface area (Å²) in [5.41, 5.74) is 0. The van der Waals surface area contributed by atoms with Gasteiger partial charge in [0.15, 0.2) is 0 Å². The van der Waals surface area contributed by atoms with Gasteiger partial charge in [-0.25, -0.2) is 13.4 Å². The van der Waals surface area contributed by atoms with Gasteiger partial charge in [0.25, 0.3) is 0 Å². The Morgan fingerprint density at radius 1 is 1.40 bits per heavy atom. The van der Waals surface area contributed by atoms with Crippen LogP contribution in [0.4, 0.5) is 0 Å². The van der Waals surface area contributed by atoms with Crippen molar-refractivity contribution in [1.82, 2.24) is 14.6 Å². The van der Waals surface area contributed by atoms with Gasteiger partial charge < -0.3 is 10.1 Å². The molecule has 0 spiro atoms. The van der Waals surface area contributed by atoms with Crippen molar-refractivity contribution in [2.45, 2.75) is 37.3 Å². The smallest absolute Gasteiger partial charge is 0.243 e. The first-order valence-electron chi connectivity index (χ1n) is 8.26. The molecule has 1 aliphatic heterocycles. The fraction of sp³-hybridized carbons (Fsp3) is 0.471. The number of ether oxygens (including phenoxy) is 1. The molecule has 1 fully saturated rings. The molecule has 136 valence electrons. The van der Waals surface area contributed by atoms with E-state index in [0.29, 0.717) is 34.8 Å². The van der Waals surface area contributed by atoms with Crippen LogP contribution in [0, 0.1) is 0 Å². The van der Waals surface area contributed by atoms with Gasteiger partial charge in [0.05, 0.1) is 22.2 Å². The van der Waals surface area contributed by atoms with E-state index in [1.165, 1.54) is 10.5 Å². The van der Waals surface area contributed by atoms with E-state index in [1.807, 2.05) is 20.9 Å². The molecule has 0 saturated carbocycles. The van der Waals surface area contributed by atoms with Gasteiger partial charge in [-0.3, -0.25) is 0 Å². The number of halogens is 1. The van der Waals surface area contributed by atoms with Gasteiger partial charge in [0.2, 0.25) is 15.9 Å². The molecule has 2 aromatic rings. The predicted octanol–water partition coefficient (Wildman–Crippen LogP) is 2.66. The van der Waals surface area contributed by atoms with Crippen LogP contribution in [-0.2, 0) is 10.0 Å². The number of rotatable bonds is 5. The van der Waals surface area contributed by atoms with Gasteiger partial charge in [-0.15, -0.1) is 0 Å². The van der Waals surface area contributed by atoms with Crippen molar-refractivity contribution in [2.75, 3.05) is 20.1 Å². The lowest BCUT2D eigenvalue weighted by Crippen LogP contribution is -2.33. The monoisotopic (exact) mass is 383 g/mol. The second-order valence-electron chi connectivity index (χ2n) is 6.39. The summed E-state index contributed by atoms with van der Waals surface area (Å²) in [6.07, 6.45) is 2.16. The highest BCUT2D eigenvalue weighted by atomic mass is 35.5. The molecular weight excluding hydrogens is 362 g/mol. The lowest BCUT2D eigenvalue weighted by Gasteiger charge is -2.19. The third-order valence-corrected chi connectivity index (χ3v) is 6.51. The highest BCUT2D eigenvalue weighted by Gasteiger charge is 2.33. The van der Waals surface area contributed by atoms with Crippen molar-refractivity contribution in [3.63, 3.8) is 0 Å². The molecule has 1 N–H and O–H groups in total. The second-order valence-corrected chi connectivity index (χ2v) is 8.71. The molecule has 2 heterocycles. The molecule has 0 amide bonds. The lowest BCUT2D eigenvalue weighted by molar-refractivity contribution is 0.236. The summed E-state index contributed by atoms with van der Waals surface area (Å²) in [6, 6.07) is 5.24. The van der Waals surface area contributed by atoms with E-state index in [1.54, 1.807) is 18.2 Å². The normalized spacial score (nSPS) is 19.0. The molecular formula is C17H22ClN3O3S. The average Bonchev–Trinajstić information content (AvgIpc) is 3.06. The number of aromatic nitrogens is 1. The summed E-state index contributed by atoms with van der Waals surface area (Å²) >= 11 is 6.33. The van der Waals surface area contributed by atoms with Crippen molar-refractivity contribution in [2.24, 2.45) is 0 Å². The van der Waals surface area contributed by atoms with Crippen molar-refractivity contribution in [3.8, 4) is 5.88 Å². The number of pyridine rings is 1. The summed E-state index contributed by atoms with van der Waals surface area (Å²) in [4.78, 5) is 4.42. The van der Waals surface area contributed by atoms with E-state index in [0.717, 1.165) is 6.42 Å². The summed E-state index contributed by atoms with van der Waals surface area (Å²) < 4.78 is 33.6. The van der Waals surface area contributed by atoms with Crippen LogP contribution in [0.5, 0.6) is 5.88 Å². The number of nitrogens with one attached hydrogen (secondary N) is 1. The zero-order valence-electron chi connectivity index (χ0n) is 14.5. The Hall–Kier alpha value is -1.41. The Balaban J connectivity index is 2.14. The van der Waals surface area contributed by atoms with Crippen LogP contribution in [0.25, 0.3) is 10.8 Å². The van der Waals surface area contributed by atoms with E-state index in [9.17, 15) is 8.42 Å². The molecule has 1 saturated heterocycles. The van der Waals surface area contributed by atoms with Crippen LogP contribution >= 0.6 is 11.6 Å². The molecule has 25 heavy (non-hydrogen) atoms. The zero-order chi connectivity index (χ0) is 18.2. The van der Waals surface area contributed by atoms with Crippen LogP contribution in [0.15, 0.2) is 29.3 Å². The van der Waals surface area contributed by atoms with E-state index in [4.69, 9.17) is 16.3 Å². The van der Waals surface area contributed by atoms with Crippen molar-refractivity contribution >= 4 is 32.4 Å². The van der Waals surface area contributed by atoms with Crippen LogP contribution < -0.4 is 10.1 Å². The molecule has 0 unspecified atom stereocenters. The Morgan fingerprint density at radius 3 is 2.80 bits per heavy atom. The maximum atomic E-state index is 13.2. The Bertz CT molecular complexity index is 886. The molecule has 1 aromatic heterocycles. The fourth-order valence-electron chi connectivity index (χ4n) is 3.06. The van der Waals surface area contributed by atoms with Gasteiger partial charge in [-0.2, -0.15) is 4.31 Å². The van der Waals surface area contributed by atoms with Crippen LogP contribution in [0.1, 0.15) is 20.3 Å². The number of hydrogen-bond donors (Lipinski definition) is 1. The van der Waals surface area contributed by atoms with E-state index in [-0.39, 0.29) is 17.0 Å². The predicted molar refractivity (Wildman–Crippen MR) is 98.7 cm³/mol. The molecule has 8 heteroatoms. The topological polar surface area (TPSA) is 71.5 Å². The second kappa shape index (κ2) is 7.07. The number of likely N-dealkylation sites (N-methyl/N-ethyl adjacent to an activating group) is 1. The number of sulfonamides is 1. The number of nitrogens with zero attached hydrogens (tertiary/aromatic N) is 2. The Kier molecular flexibility index (Phi) is 5.20. The largest absolute Gasteiger partial charge is 0.475 e. The lowest BCUT2D eigenvalue weighted by atomic mass is 10.1. The minimum Gasteiger partial charge on any atom is -0.475 e. The van der Waals surface area contributed by atoms with Crippen molar-refractivity contribution in [1.29, 1.82) is 0 Å². The molecule has 3 rings (SSSR count). The maximum Gasteiger partial charge on any atom is 0.243 e. The highest BCUT2D eigenvalue weighted by molar-refractivity contribution is 7.89. The van der Waals surface area contributed by atoms with Crippen LogP contribution in [0.3, 0.4) is 0 Å². The standard InChI is InChI=1S/C17H22ClN3O3S/c1-11(2)24-17-13-5-4-6-15(16(13)14(18)9-20-17)25(22,23)21-8-7-12(10-21)19-3/h4-6,9,11-12,19H,7-8,10H2,1-3H3/t12-/m1/s1. The van der Waals surface area contributed by atoms with E-state index in [2.05, 4.69) is 10.3 Å². The summed E-state index contributed by atoms with van der Waals surface area (Å²) in [6.45, 7) is 4.73. The Labute approximate surface area is 153 Å². The van der Waals surface area contributed by atoms with Gasteiger partial charge in [0.1, 0.15) is 0 Å². The molecule has 0 radical (unpaired) electrons. The number of benzene rings is 1. The third kappa shape index (κ3) is 3.46. The fourth-order valence-corrected chi connectivity index (χ4v) is 5.10. The molecule has 0 aliphatic carbocycles. The van der Waals surface area contributed by atoms with Gasteiger partial charge >= 0.3 is 0 Å². The van der Waals surface area contributed by atoms with Crippen LogP contribution in [-0.4, -0.2) is 50.0 Å². The first-order chi connectivity index (χ1) is 11.8. The summed E-state index contributed by atoms with van der Waals surface area (Å²) in [5.74, 6) is 0.390. The zero-order valence-corrected chi connectivity index (χ0v) is 16.1. The molecule has 1 aromatic carbocycles. The van der Waals surface area contributed by atoms with E-state index < -0.39 is 10.0 Å². The van der Waals surface area contributed by atoms with Gasteiger partial charge in [-0.05, 0) is 39.4 Å². The minimum atomic E-state index is -3.65. The third-order valence-electron chi connectivity index (χ3n) is 4.32. The van der Waals surface area contributed by atoms with Crippen molar-refractivity contribution < 1.29 is 13.2 Å².